The number of ether oxygens (including phenoxy) is 1. The highest BCUT2D eigenvalue weighted by Crippen LogP contribution is 2.63. The molecular weight excluding hydrogens is 282 g/mol. The molecule has 0 amide bonds. The maximum absolute atomic E-state index is 6.19. The maximum Gasteiger partial charge on any atom is 0.142 e. The second kappa shape index (κ2) is 5.08. The van der Waals surface area contributed by atoms with E-state index in [0.717, 1.165) is 22.4 Å². The standard InChI is InChI=1S/C18H26ClNO/c1-5-21-15-7-6-13(19)10-14(15)20-16-17(2,3)12-8-9-18(16,4)11-12/h6-7,10,12,16,20H,5,8-9,11H2,1-4H3/t12-,16?,18+/m0/s1. The van der Waals surface area contributed by atoms with Gasteiger partial charge in [0.1, 0.15) is 5.75 Å². The first kappa shape index (κ1) is 15.0. The summed E-state index contributed by atoms with van der Waals surface area (Å²) >= 11 is 6.19. The van der Waals surface area contributed by atoms with E-state index in [1.165, 1.54) is 19.3 Å². The van der Waals surface area contributed by atoms with Gasteiger partial charge in [-0.15, -0.1) is 0 Å². The van der Waals surface area contributed by atoms with Crippen molar-refractivity contribution in [2.24, 2.45) is 16.7 Å². The molecule has 0 heterocycles. The smallest absolute Gasteiger partial charge is 0.142 e. The van der Waals surface area contributed by atoms with Crippen LogP contribution in [0.1, 0.15) is 47.0 Å². The van der Waals surface area contributed by atoms with Crippen molar-refractivity contribution in [3.8, 4) is 5.75 Å². The van der Waals surface area contributed by atoms with Crippen molar-refractivity contribution in [3.05, 3.63) is 23.2 Å². The fourth-order valence-corrected chi connectivity index (χ4v) is 4.89. The molecule has 3 rings (SSSR count). The zero-order chi connectivity index (χ0) is 15.3. The Morgan fingerprint density at radius 1 is 1.33 bits per heavy atom. The summed E-state index contributed by atoms with van der Waals surface area (Å²) in [6.07, 6.45) is 4.03. The van der Waals surface area contributed by atoms with Gasteiger partial charge in [-0.1, -0.05) is 32.4 Å². The topological polar surface area (TPSA) is 21.3 Å². The average Bonchev–Trinajstić information content (AvgIpc) is 2.89. The van der Waals surface area contributed by atoms with Gasteiger partial charge in [-0.3, -0.25) is 0 Å². The Morgan fingerprint density at radius 3 is 2.71 bits per heavy atom. The Morgan fingerprint density at radius 2 is 2.10 bits per heavy atom. The number of rotatable bonds is 4. The predicted octanol–water partition coefficient (Wildman–Crippen LogP) is 5.37. The molecule has 0 aliphatic heterocycles. The molecule has 1 unspecified atom stereocenters. The molecular formula is C18H26ClNO. The lowest BCUT2D eigenvalue weighted by atomic mass is 9.68. The molecule has 2 nitrogen and oxygen atoms in total. The summed E-state index contributed by atoms with van der Waals surface area (Å²) in [4.78, 5) is 0. The average molecular weight is 308 g/mol. The van der Waals surface area contributed by atoms with E-state index in [1.807, 2.05) is 25.1 Å². The Balaban J connectivity index is 1.91. The van der Waals surface area contributed by atoms with Gasteiger partial charge in [0.05, 0.1) is 12.3 Å². The molecule has 1 aromatic rings. The number of benzene rings is 1. The summed E-state index contributed by atoms with van der Waals surface area (Å²) in [5, 5.41) is 4.54. The van der Waals surface area contributed by atoms with Gasteiger partial charge < -0.3 is 10.1 Å². The van der Waals surface area contributed by atoms with E-state index < -0.39 is 0 Å². The summed E-state index contributed by atoms with van der Waals surface area (Å²) in [6.45, 7) is 9.94. The SMILES string of the molecule is CCOc1ccc(Cl)cc1NC1C(C)(C)[C@H]2CC[C@]1(C)C2. The van der Waals surface area contributed by atoms with E-state index in [2.05, 4.69) is 26.1 Å². The number of fused-ring (bicyclic) bond motifs is 2. The minimum atomic E-state index is 0.318. The van der Waals surface area contributed by atoms with Crippen molar-refractivity contribution in [2.75, 3.05) is 11.9 Å². The zero-order valence-electron chi connectivity index (χ0n) is 13.5. The quantitative estimate of drug-likeness (QED) is 0.808. The van der Waals surface area contributed by atoms with Crippen LogP contribution in [0.25, 0.3) is 0 Å². The van der Waals surface area contributed by atoms with Crippen LogP contribution in [-0.4, -0.2) is 12.6 Å². The highest BCUT2D eigenvalue weighted by atomic mass is 35.5. The van der Waals surface area contributed by atoms with E-state index in [9.17, 15) is 0 Å². The molecule has 0 radical (unpaired) electrons. The lowest BCUT2D eigenvalue weighted by molar-refractivity contribution is 0.155. The second-order valence-electron chi connectivity index (χ2n) is 7.57. The lowest BCUT2D eigenvalue weighted by Crippen LogP contribution is -2.45. The van der Waals surface area contributed by atoms with Crippen molar-refractivity contribution in [2.45, 2.75) is 53.0 Å². The van der Waals surface area contributed by atoms with E-state index in [-0.39, 0.29) is 0 Å². The van der Waals surface area contributed by atoms with Gasteiger partial charge in [-0.25, -0.2) is 0 Å². The predicted molar refractivity (Wildman–Crippen MR) is 89.3 cm³/mol. The largest absolute Gasteiger partial charge is 0.492 e. The number of hydrogen-bond acceptors (Lipinski definition) is 2. The van der Waals surface area contributed by atoms with Crippen LogP contribution in [0.15, 0.2) is 18.2 Å². The van der Waals surface area contributed by atoms with E-state index >= 15 is 0 Å². The van der Waals surface area contributed by atoms with Crippen LogP contribution in [-0.2, 0) is 0 Å². The number of halogens is 1. The van der Waals surface area contributed by atoms with Gasteiger partial charge in [0, 0.05) is 11.1 Å². The van der Waals surface area contributed by atoms with E-state index in [0.29, 0.717) is 23.5 Å². The summed E-state index contributed by atoms with van der Waals surface area (Å²) in [7, 11) is 0. The minimum Gasteiger partial charge on any atom is -0.492 e. The molecule has 1 N–H and O–H groups in total. The fraction of sp³-hybridized carbons (Fsp3) is 0.667. The Hall–Kier alpha value is -0.890. The molecule has 0 spiro atoms. The zero-order valence-corrected chi connectivity index (χ0v) is 14.3. The van der Waals surface area contributed by atoms with Gasteiger partial charge in [-0.2, -0.15) is 0 Å². The molecule has 2 aliphatic rings. The highest BCUT2D eigenvalue weighted by molar-refractivity contribution is 6.30. The van der Waals surface area contributed by atoms with Crippen molar-refractivity contribution in [1.29, 1.82) is 0 Å². The first-order chi connectivity index (χ1) is 9.87. The van der Waals surface area contributed by atoms with Gasteiger partial charge in [0.25, 0.3) is 0 Å². The van der Waals surface area contributed by atoms with Crippen LogP contribution in [0, 0.1) is 16.7 Å². The van der Waals surface area contributed by atoms with Gasteiger partial charge in [-0.05, 0) is 61.1 Å². The third-order valence-corrected chi connectivity index (χ3v) is 6.05. The monoisotopic (exact) mass is 307 g/mol. The lowest BCUT2D eigenvalue weighted by Gasteiger charge is -2.43. The molecule has 2 saturated carbocycles. The molecule has 0 aromatic heterocycles. The molecule has 2 fully saturated rings. The van der Waals surface area contributed by atoms with Crippen molar-refractivity contribution in [1.82, 2.24) is 0 Å². The molecule has 21 heavy (non-hydrogen) atoms. The molecule has 0 saturated heterocycles. The molecule has 3 heteroatoms. The second-order valence-corrected chi connectivity index (χ2v) is 8.00. The summed E-state index contributed by atoms with van der Waals surface area (Å²) in [6, 6.07) is 6.33. The first-order valence-corrected chi connectivity index (χ1v) is 8.43. The summed E-state index contributed by atoms with van der Waals surface area (Å²) < 4.78 is 5.76. The van der Waals surface area contributed by atoms with Crippen LogP contribution < -0.4 is 10.1 Å². The molecule has 2 aliphatic carbocycles. The van der Waals surface area contributed by atoms with Crippen LogP contribution in [0.2, 0.25) is 5.02 Å². The van der Waals surface area contributed by atoms with E-state index in [1.54, 1.807) is 0 Å². The van der Waals surface area contributed by atoms with Crippen LogP contribution >= 0.6 is 11.6 Å². The fourth-order valence-electron chi connectivity index (χ4n) is 4.71. The Labute approximate surface area is 133 Å². The minimum absolute atomic E-state index is 0.318. The normalized spacial score (nSPS) is 33.2. The summed E-state index contributed by atoms with van der Waals surface area (Å²) in [5.74, 6) is 1.74. The number of hydrogen-bond donors (Lipinski definition) is 1. The number of nitrogens with one attached hydrogen (secondary N) is 1. The number of anilines is 1. The molecule has 116 valence electrons. The van der Waals surface area contributed by atoms with Crippen molar-refractivity contribution < 1.29 is 4.74 Å². The maximum atomic E-state index is 6.19. The van der Waals surface area contributed by atoms with Crippen molar-refractivity contribution >= 4 is 17.3 Å². The van der Waals surface area contributed by atoms with Crippen LogP contribution in [0.3, 0.4) is 0 Å². The van der Waals surface area contributed by atoms with Gasteiger partial charge in [0.2, 0.25) is 0 Å². The first-order valence-electron chi connectivity index (χ1n) is 8.06. The Kier molecular flexibility index (Phi) is 3.64. The van der Waals surface area contributed by atoms with Gasteiger partial charge >= 0.3 is 0 Å². The Bertz CT molecular complexity index is 537. The van der Waals surface area contributed by atoms with Crippen LogP contribution in [0.5, 0.6) is 5.75 Å². The highest BCUT2D eigenvalue weighted by Gasteiger charge is 2.59. The molecule has 2 bridgehead atoms. The third-order valence-electron chi connectivity index (χ3n) is 5.81. The summed E-state index contributed by atoms with van der Waals surface area (Å²) in [5.41, 5.74) is 1.75. The third kappa shape index (κ3) is 2.42. The van der Waals surface area contributed by atoms with E-state index in [4.69, 9.17) is 16.3 Å². The molecule has 3 atom stereocenters. The van der Waals surface area contributed by atoms with Gasteiger partial charge in [0.15, 0.2) is 0 Å². The molecule has 1 aromatic carbocycles. The van der Waals surface area contributed by atoms with Crippen molar-refractivity contribution in [3.63, 3.8) is 0 Å². The van der Waals surface area contributed by atoms with Crippen LogP contribution in [0.4, 0.5) is 5.69 Å².